The largest absolute Gasteiger partial charge is 0.461 e. The molecule has 0 unspecified atom stereocenters. The number of ketones is 1. The minimum Gasteiger partial charge on any atom is -0.461 e. The Kier molecular flexibility index (Phi) is 3.50. The van der Waals surface area contributed by atoms with E-state index in [9.17, 15) is 4.79 Å². The molecule has 0 saturated heterocycles. The number of benzene rings is 2. The number of rotatable bonds is 4. The summed E-state index contributed by atoms with van der Waals surface area (Å²) in [5.74, 6) is 0.578. The monoisotopic (exact) mass is 353 g/mol. The van der Waals surface area contributed by atoms with Crippen molar-refractivity contribution in [3.8, 4) is 0 Å². The van der Waals surface area contributed by atoms with E-state index in [1.54, 1.807) is 12.1 Å². The second kappa shape index (κ2) is 6.14. The molecule has 5 rings (SSSR count). The van der Waals surface area contributed by atoms with Crippen LogP contribution in [0.15, 0.2) is 77.5 Å². The van der Waals surface area contributed by atoms with Crippen LogP contribution in [0, 0.1) is 0 Å². The third kappa shape index (κ3) is 2.66. The average molecular weight is 353 g/mol. The molecule has 3 aromatic heterocycles. The Hall–Kier alpha value is -3.86. The van der Waals surface area contributed by atoms with E-state index >= 15 is 0 Å². The van der Waals surface area contributed by atoms with Crippen molar-refractivity contribution >= 4 is 39.4 Å². The maximum absolute atomic E-state index is 13.1. The first kappa shape index (κ1) is 15.4. The first-order valence-electron chi connectivity index (χ1n) is 8.61. The van der Waals surface area contributed by atoms with Crippen molar-refractivity contribution in [1.82, 2.24) is 15.0 Å². The van der Waals surface area contributed by atoms with Gasteiger partial charge in [-0.2, -0.15) is 0 Å². The van der Waals surface area contributed by atoms with Crippen LogP contribution in [-0.4, -0.2) is 20.7 Å². The number of H-pyrrole nitrogens is 2. The number of nitrogens with zero attached hydrogens (tertiary/aromatic N) is 1. The van der Waals surface area contributed by atoms with Gasteiger partial charge in [0.25, 0.3) is 0 Å². The highest BCUT2D eigenvalue weighted by Crippen LogP contribution is 2.27. The summed E-state index contributed by atoms with van der Waals surface area (Å²) in [7, 11) is 0. The Bertz CT molecular complexity index is 1260. The minimum atomic E-state index is -0.218. The zero-order valence-electron chi connectivity index (χ0n) is 14.3. The van der Waals surface area contributed by atoms with E-state index < -0.39 is 0 Å². The van der Waals surface area contributed by atoms with Gasteiger partial charge in [-0.05, 0) is 36.4 Å². The molecular weight excluding hydrogens is 338 g/mol. The number of furan rings is 1. The highest BCUT2D eigenvalue weighted by atomic mass is 16.3. The predicted molar refractivity (Wildman–Crippen MR) is 105 cm³/mol. The van der Waals surface area contributed by atoms with Crippen molar-refractivity contribution in [3.05, 3.63) is 90.3 Å². The van der Waals surface area contributed by atoms with Crippen molar-refractivity contribution in [1.29, 1.82) is 0 Å². The van der Waals surface area contributed by atoms with E-state index in [0.29, 0.717) is 11.4 Å². The van der Waals surface area contributed by atoms with Crippen molar-refractivity contribution < 1.29 is 9.21 Å². The summed E-state index contributed by atoms with van der Waals surface area (Å²) >= 11 is 0. The van der Waals surface area contributed by atoms with Crippen LogP contribution in [0.4, 0.5) is 0 Å². The number of carbonyl (C=O) groups is 1. The number of hydrogen-bond acceptors (Lipinski definition) is 3. The number of para-hydroxylation sites is 3. The maximum Gasteiger partial charge on any atom is 0.231 e. The number of nitrogens with one attached hydrogen (secondary N) is 2. The van der Waals surface area contributed by atoms with Crippen molar-refractivity contribution in [2.45, 2.75) is 0 Å². The maximum atomic E-state index is 13.1. The Morgan fingerprint density at radius 3 is 2.59 bits per heavy atom. The van der Waals surface area contributed by atoms with Gasteiger partial charge in [0.1, 0.15) is 5.82 Å². The van der Waals surface area contributed by atoms with E-state index in [-0.39, 0.29) is 11.5 Å². The number of fused-ring (bicyclic) bond motifs is 2. The van der Waals surface area contributed by atoms with E-state index in [2.05, 4.69) is 15.0 Å². The molecule has 0 saturated carbocycles. The first-order chi connectivity index (χ1) is 13.3. The van der Waals surface area contributed by atoms with Gasteiger partial charge in [0.2, 0.25) is 5.78 Å². The van der Waals surface area contributed by atoms with Gasteiger partial charge < -0.3 is 14.4 Å². The predicted octanol–water partition coefficient (Wildman–Crippen LogP) is 5.06. The zero-order valence-corrected chi connectivity index (χ0v) is 14.3. The van der Waals surface area contributed by atoms with Crippen LogP contribution in [-0.2, 0) is 0 Å². The highest BCUT2D eigenvalue weighted by Gasteiger charge is 2.20. The number of allylic oxidation sites excluding steroid dienone is 1. The number of hydrogen-bond donors (Lipinski definition) is 2. The lowest BCUT2D eigenvalue weighted by molar-refractivity contribution is 0.103. The lowest BCUT2D eigenvalue weighted by Crippen LogP contribution is -2.03. The molecule has 0 bridgehead atoms. The second-order valence-electron chi connectivity index (χ2n) is 6.26. The van der Waals surface area contributed by atoms with Gasteiger partial charge in [0.05, 0.1) is 22.9 Å². The molecule has 130 valence electrons. The van der Waals surface area contributed by atoms with E-state index in [1.165, 1.54) is 6.26 Å². The van der Waals surface area contributed by atoms with Crippen LogP contribution >= 0.6 is 0 Å². The standard InChI is InChI=1S/C22H15N3O2/c26-21(20-10-5-11-27-20)16(22-24-18-8-3-4-9-19(18)25-22)12-14-13-23-17-7-2-1-6-15(14)17/h1-13,23H,(H,24,25). The molecule has 5 heteroatoms. The molecule has 0 amide bonds. The Labute approximate surface area is 154 Å². The summed E-state index contributed by atoms with van der Waals surface area (Å²) in [5.41, 5.74) is 4.07. The molecule has 27 heavy (non-hydrogen) atoms. The molecule has 0 atom stereocenters. The van der Waals surface area contributed by atoms with Crippen LogP contribution in [0.1, 0.15) is 21.9 Å². The Morgan fingerprint density at radius 1 is 0.963 bits per heavy atom. The number of carbonyl (C=O) groups excluding carboxylic acids is 1. The van der Waals surface area contributed by atoms with Crippen molar-refractivity contribution in [3.63, 3.8) is 0 Å². The molecule has 0 aliphatic rings. The summed E-state index contributed by atoms with van der Waals surface area (Å²) in [5, 5.41) is 1.04. The molecule has 0 radical (unpaired) electrons. The molecule has 0 aliphatic carbocycles. The van der Waals surface area contributed by atoms with Crippen LogP contribution < -0.4 is 0 Å². The van der Waals surface area contributed by atoms with Gasteiger partial charge in [-0.15, -0.1) is 0 Å². The van der Waals surface area contributed by atoms with Gasteiger partial charge in [0, 0.05) is 22.7 Å². The highest BCUT2D eigenvalue weighted by molar-refractivity contribution is 6.31. The number of aromatic amines is 2. The van der Waals surface area contributed by atoms with Crippen LogP contribution in [0.25, 0.3) is 33.6 Å². The lowest BCUT2D eigenvalue weighted by atomic mass is 10.0. The average Bonchev–Trinajstić information content (AvgIpc) is 3.44. The van der Waals surface area contributed by atoms with Gasteiger partial charge in [-0.1, -0.05) is 30.3 Å². The number of imidazole rings is 1. The Morgan fingerprint density at radius 2 is 1.78 bits per heavy atom. The molecule has 5 aromatic rings. The van der Waals surface area contributed by atoms with E-state index in [4.69, 9.17) is 4.42 Å². The SMILES string of the molecule is O=C(C(=Cc1c[nH]c2ccccc12)c1nc2ccccc2[nH]1)c1ccco1. The van der Waals surface area contributed by atoms with Gasteiger partial charge >= 0.3 is 0 Å². The van der Waals surface area contributed by atoms with E-state index in [1.807, 2.05) is 60.8 Å². The summed E-state index contributed by atoms with van der Waals surface area (Å²) < 4.78 is 5.34. The molecule has 0 fully saturated rings. The second-order valence-corrected chi connectivity index (χ2v) is 6.26. The molecule has 0 aliphatic heterocycles. The van der Waals surface area contributed by atoms with Crippen LogP contribution in [0.3, 0.4) is 0 Å². The van der Waals surface area contributed by atoms with Gasteiger partial charge in [0.15, 0.2) is 5.76 Å². The Balaban J connectivity index is 1.71. The first-order valence-corrected chi connectivity index (χ1v) is 8.61. The minimum absolute atomic E-state index is 0.218. The summed E-state index contributed by atoms with van der Waals surface area (Å²) in [6.45, 7) is 0. The molecule has 3 heterocycles. The topological polar surface area (TPSA) is 74.7 Å². The van der Waals surface area contributed by atoms with Crippen LogP contribution in [0.2, 0.25) is 0 Å². The van der Waals surface area contributed by atoms with Crippen LogP contribution in [0.5, 0.6) is 0 Å². The fourth-order valence-electron chi connectivity index (χ4n) is 3.23. The normalized spacial score (nSPS) is 12.1. The molecule has 2 N–H and O–H groups in total. The van der Waals surface area contributed by atoms with Gasteiger partial charge in [-0.25, -0.2) is 4.98 Å². The molecular formula is C22H15N3O2. The molecule has 2 aromatic carbocycles. The fourth-order valence-corrected chi connectivity index (χ4v) is 3.23. The number of Topliss-reactive ketones (excluding diaryl/α,β-unsaturated/α-hetero) is 1. The summed E-state index contributed by atoms with van der Waals surface area (Å²) in [6.07, 6.45) is 5.24. The smallest absolute Gasteiger partial charge is 0.231 e. The summed E-state index contributed by atoms with van der Waals surface area (Å²) in [4.78, 5) is 24.2. The third-order valence-electron chi connectivity index (χ3n) is 4.56. The van der Waals surface area contributed by atoms with Crippen molar-refractivity contribution in [2.75, 3.05) is 0 Å². The zero-order chi connectivity index (χ0) is 18.2. The quantitative estimate of drug-likeness (QED) is 0.350. The fraction of sp³-hybridized carbons (Fsp3) is 0. The third-order valence-corrected chi connectivity index (χ3v) is 4.56. The summed E-state index contributed by atoms with van der Waals surface area (Å²) in [6, 6.07) is 19.0. The molecule has 0 spiro atoms. The lowest BCUT2D eigenvalue weighted by Gasteiger charge is -2.02. The van der Waals surface area contributed by atoms with Crippen molar-refractivity contribution in [2.24, 2.45) is 0 Å². The van der Waals surface area contributed by atoms with E-state index in [0.717, 1.165) is 27.5 Å². The van der Waals surface area contributed by atoms with Gasteiger partial charge in [-0.3, -0.25) is 4.79 Å². The molecule has 5 nitrogen and oxygen atoms in total. The number of aromatic nitrogens is 3.